The van der Waals surface area contributed by atoms with E-state index in [1.807, 2.05) is 13.0 Å². The fraction of sp³-hybridized carbons (Fsp3) is 0.320. The van der Waals surface area contributed by atoms with Gasteiger partial charge in [-0.05, 0) is 59.1 Å². The molecule has 0 radical (unpaired) electrons. The average Bonchev–Trinajstić information content (AvgIpc) is 2.82. The molecule has 0 saturated carbocycles. The fourth-order valence-corrected chi connectivity index (χ4v) is 4.15. The summed E-state index contributed by atoms with van der Waals surface area (Å²) in [6, 6.07) is 13.2. The van der Waals surface area contributed by atoms with Gasteiger partial charge in [0.15, 0.2) is 0 Å². The molecular weight excluding hydrogens is 502 g/mol. The second-order valence-electron chi connectivity index (χ2n) is 7.72. The molecule has 3 amide bonds. The van der Waals surface area contributed by atoms with E-state index >= 15 is 0 Å². The highest BCUT2D eigenvalue weighted by Gasteiger charge is 2.36. The molecule has 2 N–H and O–H groups in total. The molecule has 0 saturated heterocycles. The molecule has 8 nitrogen and oxygen atoms in total. The minimum Gasteiger partial charge on any atom is -0.460 e. The number of methoxy groups -OCH3 is 1. The van der Waals surface area contributed by atoms with Gasteiger partial charge in [-0.15, -0.1) is 0 Å². The molecule has 0 aliphatic carbocycles. The van der Waals surface area contributed by atoms with E-state index in [1.165, 1.54) is 7.11 Å². The molecule has 1 heterocycles. The average molecular weight is 530 g/mol. The van der Waals surface area contributed by atoms with Gasteiger partial charge in [-0.3, -0.25) is 9.69 Å². The van der Waals surface area contributed by atoms with Crippen LogP contribution in [0.1, 0.15) is 42.2 Å². The zero-order chi connectivity index (χ0) is 24.7. The van der Waals surface area contributed by atoms with Crippen molar-refractivity contribution in [2.75, 3.05) is 32.2 Å². The minimum absolute atomic E-state index is 0.112. The first-order valence-corrected chi connectivity index (χ1v) is 11.8. The van der Waals surface area contributed by atoms with Gasteiger partial charge in [0.2, 0.25) is 0 Å². The predicted molar refractivity (Wildman–Crippen MR) is 132 cm³/mol. The van der Waals surface area contributed by atoms with E-state index in [0.29, 0.717) is 39.1 Å². The van der Waals surface area contributed by atoms with Crippen LogP contribution in [0.15, 0.2) is 64.3 Å². The third-order valence-corrected chi connectivity index (χ3v) is 6.10. The summed E-state index contributed by atoms with van der Waals surface area (Å²) in [5.74, 6) is -0.758. The maximum absolute atomic E-state index is 12.9. The Labute approximate surface area is 207 Å². The second-order valence-corrected chi connectivity index (χ2v) is 8.57. The molecule has 1 atom stereocenters. The number of halogens is 1. The lowest BCUT2D eigenvalue weighted by molar-refractivity contribution is -0.140. The number of hydrogen-bond acceptors (Lipinski definition) is 5. The summed E-state index contributed by atoms with van der Waals surface area (Å²) >= 11 is 3.38. The van der Waals surface area contributed by atoms with Crippen LogP contribution in [0, 0.1) is 0 Å². The molecule has 1 aliphatic heterocycles. The van der Waals surface area contributed by atoms with E-state index in [2.05, 4.69) is 26.6 Å². The minimum atomic E-state index is -0.677. The Kier molecular flexibility index (Phi) is 8.84. The van der Waals surface area contributed by atoms with Crippen molar-refractivity contribution in [1.82, 2.24) is 10.2 Å². The van der Waals surface area contributed by atoms with E-state index in [4.69, 9.17) is 9.47 Å². The van der Waals surface area contributed by atoms with Gasteiger partial charge in [-0.25, -0.2) is 9.59 Å². The molecule has 180 valence electrons. The molecule has 1 aliphatic rings. The monoisotopic (exact) mass is 529 g/mol. The lowest BCUT2D eigenvalue weighted by atomic mass is 9.94. The van der Waals surface area contributed by atoms with Crippen molar-refractivity contribution >= 4 is 39.5 Å². The maximum atomic E-state index is 12.9. The highest BCUT2D eigenvalue weighted by atomic mass is 79.9. The van der Waals surface area contributed by atoms with Gasteiger partial charge in [-0.1, -0.05) is 31.2 Å². The number of amides is 3. The van der Waals surface area contributed by atoms with Gasteiger partial charge in [0.1, 0.15) is 6.61 Å². The summed E-state index contributed by atoms with van der Waals surface area (Å²) in [5, 5.41) is 5.77. The standard InChI is InChI=1S/C25H28BrN3O5/c1-4-13-29-16(2)21(24(31)34-15-14-33-3)22(28-25(29)32)17-9-11-18(12-10-17)27-23(30)19-7-5-6-8-20(19)26/h5-12,22H,4,13-15H2,1-3H3,(H,27,30)(H,28,32). The molecular formula is C25H28BrN3O5. The summed E-state index contributed by atoms with van der Waals surface area (Å²) < 4.78 is 11.0. The number of carbonyl (C=O) groups excluding carboxylic acids is 3. The molecule has 0 spiro atoms. The number of allylic oxidation sites excluding steroid dienone is 1. The lowest BCUT2D eigenvalue weighted by Crippen LogP contribution is -2.48. The van der Waals surface area contributed by atoms with Crippen LogP contribution < -0.4 is 10.6 Å². The summed E-state index contributed by atoms with van der Waals surface area (Å²) in [4.78, 5) is 39.8. The summed E-state index contributed by atoms with van der Waals surface area (Å²) in [6.07, 6.45) is 0.743. The number of nitrogens with one attached hydrogen (secondary N) is 2. The largest absolute Gasteiger partial charge is 0.460 e. The van der Waals surface area contributed by atoms with Crippen molar-refractivity contribution in [2.45, 2.75) is 26.3 Å². The van der Waals surface area contributed by atoms with Crippen molar-refractivity contribution < 1.29 is 23.9 Å². The smallest absolute Gasteiger partial charge is 0.338 e. The fourth-order valence-electron chi connectivity index (χ4n) is 3.69. The number of esters is 1. The number of nitrogens with zero attached hydrogens (tertiary/aromatic N) is 1. The maximum Gasteiger partial charge on any atom is 0.338 e. The van der Waals surface area contributed by atoms with Crippen LogP contribution in [0.3, 0.4) is 0 Å². The van der Waals surface area contributed by atoms with Crippen LogP contribution in [0.25, 0.3) is 0 Å². The van der Waals surface area contributed by atoms with Gasteiger partial charge in [0.25, 0.3) is 5.91 Å². The lowest BCUT2D eigenvalue weighted by Gasteiger charge is -2.35. The number of rotatable bonds is 9. The van der Waals surface area contributed by atoms with Crippen molar-refractivity contribution in [3.8, 4) is 0 Å². The van der Waals surface area contributed by atoms with Crippen molar-refractivity contribution in [1.29, 1.82) is 0 Å². The molecule has 3 rings (SSSR count). The third kappa shape index (κ3) is 5.84. The van der Waals surface area contributed by atoms with Gasteiger partial charge in [0, 0.05) is 29.5 Å². The Morgan fingerprint density at radius 3 is 2.47 bits per heavy atom. The summed E-state index contributed by atoms with van der Waals surface area (Å²) in [6.45, 7) is 4.59. The Hall–Kier alpha value is -3.17. The van der Waals surface area contributed by atoms with Crippen LogP contribution in [0.2, 0.25) is 0 Å². The van der Waals surface area contributed by atoms with Crippen LogP contribution in [-0.4, -0.2) is 49.7 Å². The van der Waals surface area contributed by atoms with E-state index in [9.17, 15) is 14.4 Å². The highest BCUT2D eigenvalue weighted by Crippen LogP contribution is 2.32. The first-order chi connectivity index (χ1) is 16.4. The molecule has 1 unspecified atom stereocenters. The van der Waals surface area contributed by atoms with Gasteiger partial charge in [-0.2, -0.15) is 0 Å². The Balaban J connectivity index is 1.85. The van der Waals surface area contributed by atoms with Crippen LogP contribution in [0.5, 0.6) is 0 Å². The highest BCUT2D eigenvalue weighted by molar-refractivity contribution is 9.10. The zero-order valence-corrected chi connectivity index (χ0v) is 21.0. The van der Waals surface area contributed by atoms with Crippen LogP contribution in [-0.2, 0) is 14.3 Å². The number of benzene rings is 2. The molecule has 0 fully saturated rings. The second kappa shape index (κ2) is 11.8. The molecule has 2 aromatic carbocycles. The molecule has 9 heteroatoms. The van der Waals surface area contributed by atoms with Crippen LogP contribution in [0.4, 0.5) is 10.5 Å². The first kappa shape index (κ1) is 25.5. The first-order valence-electron chi connectivity index (χ1n) is 11.0. The van der Waals surface area contributed by atoms with E-state index < -0.39 is 12.0 Å². The van der Waals surface area contributed by atoms with Gasteiger partial charge >= 0.3 is 12.0 Å². The normalized spacial score (nSPS) is 15.7. The number of anilines is 1. The Morgan fingerprint density at radius 2 is 1.82 bits per heavy atom. The van der Waals surface area contributed by atoms with E-state index in [0.717, 1.165) is 6.42 Å². The number of hydrogen-bond donors (Lipinski definition) is 2. The van der Waals surface area contributed by atoms with E-state index in [-0.39, 0.29) is 25.2 Å². The Morgan fingerprint density at radius 1 is 1.12 bits per heavy atom. The number of ether oxygens (including phenoxy) is 2. The van der Waals surface area contributed by atoms with E-state index in [1.54, 1.807) is 54.3 Å². The predicted octanol–water partition coefficient (Wildman–Crippen LogP) is 4.64. The molecule has 2 aromatic rings. The quantitative estimate of drug-likeness (QED) is 0.364. The van der Waals surface area contributed by atoms with Crippen LogP contribution >= 0.6 is 15.9 Å². The topological polar surface area (TPSA) is 97.0 Å². The van der Waals surface area contributed by atoms with Gasteiger partial charge in [0.05, 0.1) is 23.8 Å². The number of urea groups is 1. The van der Waals surface area contributed by atoms with Gasteiger partial charge < -0.3 is 20.1 Å². The zero-order valence-electron chi connectivity index (χ0n) is 19.4. The molecule has 34 heavy (non-hydrogen) atoms. The Bertz CT molecular complexity index is 1080. The van der Waals surface area contributed by atoms with Crippen molar-refractivity contribution in [3.63, 3.8) is 0 Å². The summed E-state index contributed by atoms with van der Waals surface area (Å²) in [7, 11) is 1.53. The number of carbonyl (C=O) groups is 3. The third-order valence-electron chi connectivity index (χ3n) is 5.40. The van der Waals surface area contributed by atoms with Crippen molar-refractivity contribution in [3.05, 3.63) is 75.4 Å². The SMILES string of the molecule is CCCN1C(=O)NC(c2ccc(NC(=O)c3ccccc3Br)cc2)C(C(=O)OCCOC)=C1C. The molecule has 0 aromatic heterocycles. The summed E-state index contributed by atoms with van der Waals surface area (Å²) in [5.41, 5.74) is 2.73. The van der Waals surface area contributed by atoms with Crippen molar-refractivity contribution in [2.24, 2.45) is 0 Å². The molecule has 0 bridgehead atoms.